The summed E-state index contributed by atoms with van der Waals surface area (Å²) in [4.78, 5) is 0. The molecule has 0 spiro atoms. The molecule has 10 aromatic rings. The highest BCUT2D eigenvalue weighted by Crippen LogP contribution is 2.48. The van der Waals surface area contributed by atoms with Gasteiger partial charge in [0.05, 0.1) is 0 Å². The first kappa shape index (κ1) is 26.5. The number of fused-ring (bicyclic) bond motifs is 7. The van der Waals surface area contributed by atoms with Crippen LogP contribution in [0.15, 0.2) is 170 Å². The minimum absolute atomic E-state index is 1.23. The Morgan fingerprint density at radius 1 is 0.298 bits per heavy atom. The van der Waals surface area contributed by atoms with Crippen molar-refractivity contribution in [3.8, 4) is 33.4 Å². The second-order valence-electron chi connectivity index (χ2n) is 12.5. The highest BCUT2D eigenvalue weighted by molar-refractivity contribution is 7.26. The van der Waals surface area contributed by atoms with Crippen molar-refractivity contribution in [1.82, 2.24) is 0 Å². The summed E-state index contributed by atoms with van der Waals surface area (Å²) in [5.41, 5.74) is 7.62. The summed E-state index contributed by atoms with van der Waals surface area (Å²) in [6, 6.07) is 62.7. The van der Waals surface area contributed by atoms with Gasteiger partial charge in [-0.15, -0.1) is 11.3 Å². The molecule has 0 atom stereocenters. The molecule has 1 heterocycles. The highest BCUT2D eigenvalue weighted by atomic mass is 32.1. The van der Waals surface area contributed by atoms with E-state index in [-0.39, 0.29) is 0 Å². The fraction of sp³-hybridized carbons (Fsp3) is 0. The Labute approximate surface area is 276 Å². The van der Waals surface area contributed by atoms with Crippen LogP contribution < -0.4 is 0 Å². The van der Waals surface area contributed by atoms with E-state index < -0.39 is 0 Å². The van der Waals surface area contributed by atoms with Gasteiger partial charge < -0.3 is 0 Å². The molecule has 1 heteroatoms. The molecule has 0 unspecified atom stereocenters. The second-order valence-corrected chi connectivity index (χ2v) is 13.5. The molecule has 0 amide bonds. The van der Waals surface area contributed by atoms with E-state index in [0.29, 0.717) is 0 Å². The molecule has 47 heavy (non-hydrogen) atoms. The van der Waals surface area contributed by atoms with Crippen molar-refractivity contribution in [2.24, 2.45) is 0 Å². The van der Waals surface area contributed by atoms with Crippen LogP contribution in [-0.4, -0.2) is 0 Å². The largest absolute Gasteiger partial charge is 0.135 e. The van der Waals surface area contributed by atoms with E-state index in [1.54, 1.807) is 0 Å². The Kier molecular flexibility index (Phi) is 5.85. The standard InChI is InChI=1S/C46H28S/c1-2-11-32-26-35(25-22-29(32)10-1)30-20-23-31(24-21-30)44-36-14-5-7-16-38(36)45(39-17-8-6-15-37(39)44)41-19-9-18-40-42-27-33-12-3-4-13-34(33)28-43(42)47-46(40)41/h1-28H. The average molecular weight is 613 g/mol. The van der Waals surface area contributed by atoms with E-state index in [4.69, 9.17) is 0 Å². The molecular weight excluding hydrogens is 585 g/mol. The fourth-order valence-electron chi connectivity index (χ4n) is 7.61. The number of hydrogen-bond acceptors (Lipinski definition) is 1. The van der Waals surface area contributed by atoms with Gasteiger partial charge in [-0.2, -0.15) is 0 Å². The molecule has 1 aromatic heterocycles. The fourth-order valence-corrected chi connectivity index (χ4v) is 8.86. The quantitative estimate of drug-likeness (QED) is 0.174. The predicted octanol–water partition coefficient (Wildman–Crippen LogP) is 13.7. The highest BCUT2D eigenvalue weighted by Gasteiger charge is 2.19. The first-order chi connectivity index (χ1) is 23.3. The average Bonchev–Trinajstić information content (AvgIpc) is 3.50. The van der Waals surface area contributed by atoms with Crippen LogP contribution in [0.5, 0.6) is 0 Å². The Bertz CT molecular complexity index is 2780. The molecule has 0 fully saturated rings. The molecule has 0 N–H and O–H groups in total. The molecule has 0 saturated carbocycles. The second kappa shape index (κ2) is 10.4. The lowest BCUT2D eigenvalue weighted by atomic mass is 9.85. The van der Waals surface area contributed by atoms with Crippen LogP contribution in [0.2, 0.25) is 0 Å². The zero-order chi connectivity index (χ0) is 30.9. The molecule has 0 saturated heterocycles. The molecule has 218 valence electrons. The van der Waals surface area contributed by atoms with Crippen molar-refractivity contribution in [2.45, 2.75) is 0 Å². The van der Waals surface area contributed by atoms with Gasteiger partial charge in [-0.3, -0.25) is 0 Å². The lowest BCUT2D eigenvalue weighted by Gasteiger charge is -2.18. The van der Waals surface area contributed by atoms with Gasteiger partial charge in [0.2, 0.25) is 0 Å². The van der Waals surface area contributed by atoms with Gasteiger partial charge in [0, 0.05) is 25.7 Å². The molecule has 0 bridgehead atoms. The first-order valence-electron chi connectivity index (χ1n) is 16.2. The summed E-state index contributed by atoms with van der Waals surface area (Å²) in [6.45, 7) is 0. The van der Waals surface area contributed by atoms with Gasteiger partial charge in [0.25, 0.3) is 0 Å². The van der Waals surface area contributed by atoms with E-state index in [1.807, 2.05) is 11.3 Å². The Morgan fingerprint density at radius 3 is 1.49 bits per heavy atom. The van der Waals surface area contributed by atoms with Crippen molar-refractivity contribution >= 4 is 74.6 Å². The molecule has 0 radical (unpaired) electrons. The number of hydrogen-bond donors (Lipinski definition) is 0. The smallest absolute Gasteiger partial charge is 0.0434 e. The van der Waals surface area contributed by atoms with Gasteiger partial charge in [0.1, 0.15) is 0 Å². The maximum absolute atomic E-state index is 2.37. The monoisotopic (exact) mass is 612 g/mol. The van der Waals surface area contributed by atoms with Gasteiger partial charge in [-0.1, -0.05) is 152 Å². The van der Waals surface area contributed by atoms with Crippen molar-refractivity contribution in [3.63, 3.8) is 0 Å². The number of benzene rings is 9. The van der Waals surface area contributed by atoms with E-state index >= 15 is 0 Å². The molecule has 0 aliphatic rings. The van der Waals surface area contributed by atoms with Gasteiger partial charge in [0.15, 0.2) is 0 Å². The maximum Gasteiger partial charge on any atom is 0.0434 e. The lowest BCUT2D eigenvalue weighted by molar-refractivity contribution is 1.63. The van der Waals surface area contributed by atoms with Crippen molar-refractivity contribution in [1.29, 1.82) is 0 Å². The summed E-state index contributed by atoms with van der Waals surface area (Å²) in [6.07, 6.45) is 0. The number of rotatable bonds is 3. The minimum atomic E-state index is 1.23. The molecule has 10 rings (SSSR count). The van der Waals surface area contributed by atoms with Crippen LogP contribution in [0.25, 0.3) is 96.6 Å². The van der Waals surface area contributed by atoms with E-state index in [0.717, 1.165) is 0 Å². The van der Waals surface area contributed by atoms with Crippen LogP contribution in [0.4, 0.5) is 0 Å². The summed E-state index contributed by atoms with van der Waals surface area (Å²) in [7, 11) is 0. The third kappa shape index (κ3) is 4.14. The van der Waals surface area contributed by atoms with Crippen molar-refractivity contribution < 1.29 is 0 Å². The van der Waals surface area contributed by atoms with Crippen LogP contribution in [-0.2, 0) is 0 Å². The summed E-state index contributed by atoms with van der Waals surface area (Å²) < 4.78 is 2.68. The Balaban J connectivity index is 1.20. The molecule has 0 aliphatic carbocycles. The number of thiophene rings is 1. The minimum Gasteiger partial charge on any atom is -0.135 e. The molecule has 0 nitrogen and oxygen atoms in total. The normalized spacial score (nSPS) is 11.8. The van der Waals surface area contributed by atoms with Gasteiger partial charge in [-0.25, -0.2) is 0 Å². The summed E-state index contributed by atoms with van der Waals surface area (Å²) in [5.74, 6) is 0. The molecule has 9 aromatic carbocycles. The zero-order valence-electron chi connectivity index (χ0n) is 25.6. The predicted molar refractivity (Wildman–Crippen MR) is 206 cm³/mol. The maximum atomic E-state index is 2.37. The van der Waals surface area contributed by atoms with E-state index in [1.165, 1.54) is 96.6 Å². The van der Waals surface area contributed by atoms with E-state index in [2.05, 4.69) is 170 Å². The van der Waals surface area contributed by atoms with Crippen LogP contribution in [0.3, 0.4) is 0 Å². The van der Waals surface area contributed by atoms with Gasteiger partial charge >= 0.3 is 0 Å². The molecular formula is C46H28S. The first-order valence-corrected chi connectivity index (χ1v) is 17.0. The van der Waals surface area contributed by atoms with Crippen LogP contribution in [0.1, 0.15) is 0 Å². The third-order valence-electron chi connectivity index (χ3n) is 9.82. The zero-order valence-corrected chi connectivity index (χ0v) is 26.4. The Morgan fingerprint density at radius 2 is 0.809 bits per heavy atom. The molecule has 0 aliphatic heterocycles. The summed E-state index contributed by atoms with van der Waals surface area (Å²) >= 11 is 1.92. The van der Waals surface area contributed by atoms with Crippen molar-refractivity contribution in [2.75, 3.05) is 0 Å². The lowest BCUT2D eigenvalue weighted by Crippen LogP contribution is -1.91. The van der Waals surface area contributed by atoms with Crippen LogP contribution >= 0.6 is 11.3 Å². The third-order valence-corrected chi connectivity index (χ3v) is 11.0. The topological polar surface area (TPSA) is 0 Å². The summed E-state index contributed by atoms with van der Waals surface area (Å²) in [5, 5.41) is 12.9. The SMILES string of the molecule is c1ccc2cc(-c3ccc(-c4c5ccccc5c(-c5cccc6c5sc5cc7ccccc7cc56)c5ccccc45)cc3)ccc2c1. The van der Waals surface area contributed by atoms with Crippen LogP contribution in [0, 0.1) is 0 Å². The van der Waals surface area contributed by atoms with Gasteiger partial charge in [-0.05, 0) is 89.1 Å². The Hall–Kier alpha value is -5.76. The van der Waals surface area contributed by atoms with E-state index in [9.17, 15) is 0 Å². The van der Waals surface area contributed by atoms with Crippen molar-refractivity contribution in [3.05, 3.63) is 170 Å².